The van der Waals surface area contributed by atoms with E-state index in [9.17, 15) is 13.6 Å². The number of nitrogens with one attached hydrogen (secondary N) is 1. The van der Waals surface area contributed by atoms with E-state index < -0.39 is 5.92 Å². The van der Waals surface area contributed by atoms with E-state index in [-0.39, 0.29) is 30.3 Å². The monoisotopic (exact) mass is 287 g/mol. The van der Waals surface area contributed by atoms with E-state index in [0.717, 1.165) is 19.4 Å². The first kappa shape index (κ1) is 14.0. The number of likely N-dealkylation sites (tertiary alicyclic amines) is 1. The van der Waals surface area contributed by atoms with Crippen LogP contribution in [-0.4, -0.2) is 42.0 Å². The van der Waals surface area contributed by atoms with E-state index in [1.54, 1.807) is 4.90 Å². The van der Waals surface area contributed by atoms with Crippen LogP contribution in [0.2, 0.25) is 0 Å². The lowest BCUT2D eigenvalue weighted by molar-refractivity contribution is -0.0452. The minimum atomic E-state index is -2.50. The molecule has 3 rings (SSSR count). The molecule has 2 aliphatic carbocycles. The standard InChI is InChI=1S/C14H23F2N3O/c15-14(16)5-1-10(2-6-14)7-18-12(20)19-8-11-3-4-13(11,17)9-19/h10-11H,1-9,17H2,(H,18,20)/t11-,13-/m0/s1. The minimum absolute atomic E-state index is 0.0504. The predicted molar refractivity (Wildman–Crippen MR) is 71.5 cm³/mol. The van der Waals surface area contributed by atoms with Crippen molar-refractivity contribution >= 4 is 6.03 Å². The van der Waals surface area contributed by atoms with Gasteiger partial charge in [0.1, 0.15) is 0 Å². The van der Waals surface area contributed by atoms with Crippen LogP contribution in [0, 0.1) is 11.8 Å². The number of hydrogen-bond donors (Lipinski definition) is 2. The summed E-state index contributed by atoms with van der Waals surface area (Å²) < 4.78 is 26.1. The van der Waals surface area contributed by atoms with Gasteiger partial charge in [-0.1, -0.05) is 0 Å². The Balaban J connectivity index is 1.42. The normalized spacial score (nSPS) is 36.4. The molecule has 0 aromatic rings. The molecule has 1 heterocycles. The fourth-order valence-electron chi connectivity index (χ4n) is 3.69. The van der Waals surface area contributed by atoms with Crippen molar-refractivity contribution in [3.63, 3.8) is 0 Å². The van der Waals surface area contributed by atoms with Gasteiger partial charge in [0.2, 0.25) is 5.92 Å². The van der Waals surface area contributed by atoms with Crippen molar-refractivity contribution in [2.24, 2.45) is 17.6 Å². The summed E-state index contributed by atoms with van der Waals surface area (Å²) in [4.78, 5) is 13.9. The maximum Gasteiger partial charge on any atom is 0.317 e. The molecule has 1 aliphatic heterocycles. The molecule has 0 unspecified atom stereocenters. The molecule has 0 bridgehead atoms. The molecule has 3 fully saturated rings. The van der Waals surface area contributed by atoms with Crippen molar-refractivity contribution < 1.29 is 13.6 Å². The Labute approximate surface area is 118 Å². The third-order valence-electron chi connectivity index (χ3n) is 5.36. The van der Waals surface area contributed by atoms with Crippen molar-refractivity contribution in [1.82, 2.24) is 10.2 Å². The van der Waals surface area contributed by atoms with E-state index in [1.165, 1.54) is 0 Å². The molecule has 2 atom stereocenters. The van der Waals surface area contributed by atoms with Crippen LogP contribution in [0.4, 0.5) is 13.6 Å². The van der Waals surface area contributed by atoms with Gasteiger partial charge in [0, 0.05) is 38.0 Å². The third-order valence-corrected chi connectivity index (χ3v) is 5.36. The highest BCUT2D eigenvalue weighted by atomic mass is 19.3. The summed E-state index contributed by atoms with van der Waals surface area (Å²) in [6, 6.07) is -0.0819. The summed E-state index contributed by atoms with van der Waals surface area (Å²) in [5, 5.41) is 2.89. The Hall–Kier alpha value is -0.910. The van der Waals surface area contributed by atoms with Crippen molar-refractivity contribution in [3.8, 4) is 0 Å². The largest absolute Gasteiger partial charge is 0.338 e. The van der Waals surface area contributed by atoms with Gasteiger partial charge in [-0.15, -0.1) is 0 Å². The molecule has 0 spiro atoms. The lowest BCUT2D eigenvalue weighted by atomic mass is 9.70. The summed E-state index contributed by atoms with van der Waals surface area (Å²) in [5.74, 6) is -1.87. The second-order valence-corrected chi connectivity index (χ2v) is 6.83. The molecule has 6 heteroatoms. The van der Waals surface area contributed by atoms with E-state index >= 15 is 0 Å². The Kier molecular flexibility index (Phi) is 3.39. The maximum absolute atomic E-state index is 13.0. The van der Waals surface area contributed by atoms with Crippen molar-refractivity contribution in [2.75, 3.05) is 19.6 Å². The van der Waals surface area contributed by atoms with Gasteiger partial charge in [0.15, 0.2) is 0 Å². The lowest BCUT2D eigenvalue weighted by Crippen LogP contribution is -2.55. The number of halogens is 2. The van der Waals surface area contributed by atoms with E-state index in [4.69, 9.17) is 5.73 Å². The van der Waals surface area contributed by atoms with Gasteiger partial charge in [0.05, 0.1) is 0 Å². The van der Waals surface area contributed by atoms with Gasteiger partial charge >= 0.3 is 6.03 Å². The molecular formula is C14H23F2N3O. The van der Waals surface area contributed by atoms with Crippen molar-refractivity contribution in [1.29, 1.82) is 0 Å². The van der Waals surface area contributed by atoms with Crippen LogP contribution in [0.3, 0.4) is 0 Å². The van der Waals surface area contributed by atoms with Crippen LogP contribution in [0.5, 0.6) is 0 Å². The molecule has 4 nitrogen and oxygen atoms in total. The quantitative estimate of drug-likeness (QED) is 0.815. The van der Waals surface area contributed by atoms with Gasteiger partial charge in [-0.3, -0.25) is 0 Å². The topological polar surface area (TPSA) is 58.4 Å². The highest BCUT2D eigenvalue weighted by molar-refractivity contribution is 5.74. The fourth-order valence-corrected chi connectivity index (χ4v) is 3.69. The number of rotatable bonds is 2. The molecule has 114 valence electrons. The number of nitrogens with zero attached hydrogens (tertiary/aromatic N) is 1. The average molecular weight is 287 g/mol. The molecule has 3 aliphatic rings. The van der Waals surface area contributed by atoms with Crippen LogP contribution >= 0.6 is 0 Å². The highest BCUT2D eigenvalue weighted by Crippen LogP contribution is 2.42. The smallest absolute Gasteiger partial charge is 0.317 e. The van der Waals surface area contributed by atoms with Crippen LogP contribution < -0.4 is 11.1 Å². The van der Waals surface area contributed by atoms with Gasteiger partial charge in [0.25, 0.3) is 0 Å². The van der Waals surface area contributed by atoms with Gasteiger partial charge in [-0.2, -0.15) is 0 Å². The number of urea groups is 1. The zero-order chi connectivity index (χ0) is 14.4. The molecular weight excluding hydrogens is 264 g/mol. The second kappa shape index (κ2) is 4.83. The van der Waals surface area contributed by atoms with Crippen molar-refractivity contribution in [2.45, 2.75) is 50.0 Å². The number of nitrogens with two attached hydrogens (primary N) is 1. The molecule has 0 aromatic carbocycles. The molecule has 20 heavy (non-hydrogen) atoms. The van der Waals surface area contributed by atoms with Crippen molar-refractivity contribution in [3.05, 3.63) is 0 Å². The number of hydrogen-bond acceptors (Lipinski definition) is 2. The minimum Gasteiger partial charge on any atom is -0.338 e. The number of fused-ring (bicyclic) bond motifs is 1. The summed E-state index contributed by atoms with van der Waals surface area (Å²) >= 11 is 0. The molecule has 0 radical (unpaired) electrons. The number of carbonyl (C=O) groups is 1. The van der Waals surface area contributed by atoms with Crippen LogP contribution in [0.25, 0.3) is 0 Å². The Morgan fingerprint density at radius 2 is 1.95 bits per heavy atom. The first-order valence-corrected chi connectivity index (χ1v) is 7.57. The van der Waals surface area contributed by atoms with Gasteiger partial charge in [-0.25, -0.2) is 13.6 Å². The van der Waals surface area contributed by atoms with Gasteiger partial charge in [-0.05, 0) is 37.5 Å². The van der Waals surface area contributed by atoms with Gasteiger partial charge < -0.3 is 16.0 Å². The molecule has 2 amide bonds. The van der Waals surface area contributed by atoms with E-state index in [0.29, 0.717) is 31.8 Å². The first-order chi connectivity index (χ1) is 9.38. The number of alkyl halides is 2. The number of amides is 2. The Morgan fingerprint density at radius 1 is 1.25 bits per heavy atom. The van der Waals surface area contributed by atoms with Crippen LogP contribution in [-0.2, 0) is 0 Å². The Morgan fingerprint density at radius 3 is 2.45 bits per heavy atom. The summed E-state index contributed by atoms with van der Waals surface area (Å²) in [6.45, 7) is 1.88. The maximum atomic E-state index is 13.0. The first-order valence-electron chi connectivity index (χ1n) is 7.57. The SMILES string of the molecule is N[C@]12CC[C@H]1CN(C(=O)NCC1CCC(F)(F)CC1)C2. The zero-order valence-electron chi connectivity index (χ0n) is 11.7. The summed E-state index contributed by atoms with van der Waals surface area (Å²) in [6.07, 6.45) is 3.00. The fraction of sp³-hybridized carbons (Fsp3) is 0.929. The molecule has 3 N–H and O–H groups in total. The summed E-state index contributed by atoms with van der Waals surface area (Å²) in [7, 11) is 0. The summed E-state index contributed by atoms with van der Waals surface area (Å²) in [5.41, 5.74) is 6.04. The number of carbonyl (C=O) groups excluding carboxylic acids is 1. The second-order valence-electron chi connectivity index (χ2n) is 6.83. The molecule has 1 saturated heterocycles. The third kappa shape index (κ3) is 2.62. The average Bonchev–Trinajstić information content (AvgIpc) is 2.62. The highest BCUT2D eigenvalue weighted by Gasteiger charge is 2.51. The van der Waals surface area contributed by atoms with Crippen LogP contribution in [0.15, 0.2) is 0 Å². The predicted octanol–water partition coefficient (Wildman–Crippen LogP) is 1.94. The molecule has 2 saturated carbocycles. The zero-order valence-corrected chi connectivity index (χ0v) is 11.7. The van der Waals surface area contributed by atoms with Crippen LogP contribution in [0.1, 0.15) is 38.5 Å². The van der Waals surface area contributed by atoms with E-state index in [1.807, 2.05) is 0 Å². The van der Waals surface area contributed by atoms with E-state index in [2.05, 4.69) is 5.32 Å². The lowest BCUT2D eigenvalue weighted by Gasteiger charge is -2.39. The molecule has 0 aromatic heterocycles. The Bertz CT molecular complexity index is 394.